The molecule has 0 unspecified atom stereocenters. The van der Waals surface area contributed by atoms with Gasteiger partial charge in [-0.25, -0.2) is 0 Å². The lowest BCUT2D eigenvalue weighted by Crippen LogP contribution is -2.52. The van der Waals surface area contributed by atoms with Crippen LogP contribution in [-0.4, -0.2) is 267 Å². The molecular weight excluding hydrogens is 1490 g/mol. The number of ketones is 3. The van der Waals surface area contributed by atoms with Gasteiger partial charge in [0.1, 0.15) is 17.3 Å². The number of piperidine rings is 2. The summed E-state index contributed by atoms with van der Waals surface area (Å²) in [5.74, 6) is 2.46. The highest BCUT2D eigenvalue weighted by Crippen LogP contribution is 2.26. The van der Waals surface area contributed by atoms with Crippen molar-refractivity contribution in [1.82, 2.24) is 49.4 Å². The molecule has 0 radical (unpaired) electrons. The quantitative estimate of drug-likeness (QED) is 0.270. The molecule has 0 saturated carbocycles. The molecule has 20 heteroatoms. The molecule has 702 valence electrons. The number of likely N-dealkylation sites (tertiary alicyclic amines) is 2. The Morgan fingerprint density at radius 2 is 0.723 bits per heavy atom. The fourth-order valence-corrected chi connectivity index (χ4v) is 11.3. The Hall–Kier alpha value is -4.70. The minimum absolute atomic E-state index is 0. The number of rotatable bonds is 7. The van der Waals surface area contributed by atoms with Gasteiger partial charge >= 0.3 is 0 Å². The summed E-state index contributed by atoms with van der Waals surface area (Å²) in [5.41, 5.74) is 0.759. The lowest BCUT2D eigenvalue weighted by molar-refractivity contribution is -0.143. The number of morpholine rings is 2. The van der Waals surface area contributed by atoms with E-state index in [0.717, 1.165) is 90.8 Å². The van der Waals surface area contributed by atoms with Gasteiger partial charge in [-0.3, -0.25) is 53.1 Å². The van der Waals surface area contributed by atoms with Crippen LogP contribution < -0.4 is 5.32 Å². The van der Waals surface area contributed by atoms with E-state index in [1.165, 1.54) is 90.8 Å². The first-order valence-electron chi connectivity index (χ1n) is 45.0. The molecule has 0 bridgehead atoms. The Morgan fingerprint density at radius 3 is 1.00 bits per heavy atom. The Labute approximate surface area is 735 Å². The molecule has 0 aromatic heterocycles. The number of piperazine rings is 2. The van der Waals surface area contributed by atoms with Crippen LogP contribution in [0.2, 0.25) is 0 Å². The monoisotopic (exact) mass is 1690 g/mol. The zero-order chi connectivity index (χ0) is 93.0. The van der Waals surface area contributed by atoms with E-state index in [-0.39, 0.29) is 85.9 Å². The maximum Gasteiger partial charge on any atom is 0.228 e. The number of likely N-dealkylation sites (N-methyl/N-ethyl adjacent to an activating group) is 2. The van der Waals surface area contributed by atoms with Crippen molar-refractivity contribution < 1.29 is 47.8 Å². The fourth-order valence-electron chi connectivity index (χ4n) is 11.3. The molecule has 1 aromatic rings. The molecular formula is C99H196N10O10. The Balaban J connectivity index is -0.000000403. The molecule has 0 spiro atoms. The molecule has 6 aliphatic rings. The number of nitrogens with one attached hydrogen (secondary N) is 1. The SMILES string of the molecule is C.CC(=O)C(C)(C)C.CC(=O)C(C)(C)C.CC(C)(C)C(=O)N1CCCCC1.CC(C)(C)C(=O)N1CCOCC1.CC(C)(C)CCN1CCOCC1.CC(C)(C)N1CCCCC1.CC(C)CNC(=O)C(C)(C)C.CCC(=O)C(C)(C)C.CN(Cc1ccccc1)C(=O)C(C)(C)C.CN1CCN(C(=O)C(C)(C)C)CC1.CN1CCN(C(C)(C)C)CC1. The second kappa shape index (κ2) is 57.7. The van der Waals surface area contributed by atoms with Gasteiger partial charge in [0.2, 0.25) is 29.5 Å². The summed E-state index contributed by atoms with van der Waals surface area (Å²) in [5, 5.41) is 2.88. The number of carbonyl (C=O) groups excluding carboxylic acids is 8. The maximum absolute atomic E-state index is 11.9. The second-order valence-electron chi connectivity index (χ2n) is 44.9. The highest BCUT2D eigenvalue weighted by Gasteiger charge is 2.33. The van der Waals surface area contributed by atoms with Crippen LogP contribution in [0.4, 0.5) is 0 Å². The number of Topliss-reactive ketones (excluding diaryl/α,β-unsaturated/α-hetero) is 3. The van der Waals surface area contributed by atoms with E-state index in [1.54, 1.807) is 18.7 Å². The number of benzene rings is 1. The van der Waals surface area contributed by atoms with Crippen LogP contribution in [0.15, 0.2) is 30.3 Å². The zero-order valence-electron chi connectivity index (χ0n) is 85.0. The summed E-state index contributed by atoms with van der Waals surface area (Å²) >= 11 is 0. The van der Waals surface area contributed by atoms with Crippen molar-refractivity contribution in [1.29, 1.82) is 0 Å². The molecule has 6 saturated heterocycles. The number of amides is 5. The number of carbonyl (C=O) groups is 8. The predicted molar refractivity (Wildman–Crippen MR) is 507 cm³/mol. The van der Waals surface area contributed by atoms with Gasteiger partial charge in [0.25, 0.3) is 0 Å². The van der Waals surface area contributed by atoms with Gasteiger partial charge in [0, 0.05) is 173 Å². The molecule has 6 aliphatic heterocycles. The van der Waals surface area contributed by atoms with E-state index < -0.39 is 0 Å². The van der Waals surface area contributed by atoms with Crippen molar-refractivity contribution in [2.45, 2.75) is 340 Å². The molecule has 6 fully saturated rings. The highest BCUT2D eigenvalue weighted by atomic mass is 16.5. The van der Waals surface area contributed by atoms with Gasteiger partial charge in [0.15, 0.2) is 0 Å². The number of nitrogens with zero attached hydrogens (tertiary/aromatic N) is 9. The predicted octanol–water partition coefficient (Wildman–Crippen LogP) is 19.2. The molecule has 20 nitrogen and oxygen atoms in total. The average molecular weight is 1690 g/mol. The number of ether oxygens (including phenoxy) is 2. The number of hydrogen-bond acceptors (Lipinski definition) is 15. The van der Waals surface area contributed by atoms with Gasteiger partial charge in [-0.15, -0.1) is 0 Å². The lowest BCUT2D eigenvalue weighted by atomic mass is 9.90. The number of hydrogen-bond donors (Lipinski definition) is 1. The summed E-state index contributed by atoms with van der Waals surface area (Å²) in [6.07, 6.45) is 9.83. The first-order chi connectivity index (χ1) is 53.2. The standard InChI is InChI=1S/C13H19NO.C10H20N2O.C10H21NO.C10H19NO.C9H20N2.C9H17NO2.C9H19NO.C9H19N.C7H14O.2C6H12O.CH4/c1-13(2,3)12(15)14(4)10-11-8-6-5-7-9-11;1-10(2,3)9(13)12-7-5-11(4)6-8-12;1-10(2,3)4-5-11-6-8-12-9-7-11;1-10(2,3)9(12)11-7-5-4-6-8-11;1-9(2,3)11-7-5-10(4)6-8-11;1-9(2,3)8(11)10-4-6-12-7-5-10;1-7(2)6-10-8(11)9(3,4)5;1-9(2,3)10-7-5-4-6-8-10;1-5-6(8)7(2,3)4;2*1-5(7)6(2,3)4;/h5-9H,10H2,1-4H3;5-8H2,1-4H3;4-9H2,1-3H3;4-8H2,1-3H3;5-8H2,1-4H3;4-7H2,1-3H3;7H,6H2,1-5H3,(H,10,11);4-8H2,1-3H3;5H2,1-4H3;2*1-4H3;1H4. The van der Waals surface area contributed by atoms with Crippen LogP contribution in [0.1, 0.15) is 327 Å². The van der Waals surface area contributed by atoms with Crippen LogP contribution in [0.5, 0.6) is 0 Å². The van der Waals surface area contributed by atoms with Gasteiger partial charge in [-0.1, -0.05) is 252 Å². The summed E-state index contributed by atoms with van der Waals surface area (Å²) in [7, 11) is 6.14. The van der Waals surface area contributed by atoms with E-state index in [2.05, 4.69) is 120 Å². The van der Waals surface area contributed by atoms with Crippen molar-refractivity contribution >= 4 is 46.9 Å². The Morgan fingerprint density at radius 1 is 0.403 bits per heavy atom. The summed E-state index contributed by atoms with van der Waals surface area (Å²) in [4.78, 5) is 110. The fraction of sp³-hybridized carbons (Fsp3) is 0.859. The molecule has 0 aliphatic carbocycles. The minimum Gasteiger partial charge on any atom is -0.379 e. The topological polar surface area (TPSA) is 196 Å². The van der Waals surface area contributed by atoms with E-state index in [4.69, 9.17) is 9.47 Å². The van der Waals surface area contributed by atoms with E-state index in [0.29, 0.717) is 60.3 Å². The molecule has 7 rings (SSSR count). The largest absolute Gasteiger partial charge is 0.379 e. The molecule has 0 atom stereocenters. The molecule has 1 N–H and O–H groups in total. The van der Waals surface area contributed by atoms with Gasteiger partial charge in [0.05, 0.1) is 26.4 Å². The summed E-state index contributed by atoms with van der Waals surface area (Å²) < 4.78 is 10.5. The van der Waals surface area contributed by atoms with Gasteiger partial charge < -0.3 is 44.2 Å². The van der Waals surface area contributed by atoms with Crippen LogP contribution in [0, 0.1) is 54.7 Å². The van der Waals surface area contributed by atoms with E-state index in [1.807, 2.05) is 225 Å². The smallest absolute Gasteiger partial charge is 0.228 e. The van der Waals surface area contributed by atoms with Crippen LogP contribution in [0.3, 0.4) is 0 Å². The third-order valence-corrected chi connectivity index (χ3v) is 20.6. The molecule has 5 amide bonds. The van der Waals surface area contributed by atoms with Crippen LogP contribution >= 0.6 is 0 Å². The Bertz CT molecular complexity index is 2830. The molecule has 1 aromatic carbocycles. The van der Waals surface area contributed by atoms with Crippen molar-refractivity contribution in [3.63, 3.8) is 0 Å². The first kappa shape index (κ1) is 123. The first-order valence-corrected chi connectivity index (χ1v) is 45.0. The van der Waals surface area contributed by atoms with E-state index in [9.17, 15) is 38.4 Å². The second-order valence-corrected chi connectivity index (χ2v) is 44.9. The minimum atomic E-state index is -0.302. The molecule has 119 heavy (non-hydrogen) atoms. The lowest BCUT2D eigenvalue weighted by Gasteiger charge is -2.41. The van der Waals surface area contributed by atoms with Crippen molar-refractivity contribution in [3.05, 3.63) is 35.9 Å². The van der Waals surface area contributed by atoms with Crippen molar-refractivity contribution in [2.75, 3.05) is 165 Å². The summed E-state index contributed by atoms with van der Waals surface area (Å²) in [6.45, 7) is 99.4. The molecule has 6 heterocycles. The summed E-state index contributed by atoms with van der Waals surface area (Å²) in [6, 6.07) is 10.0. The normalized spacial score (nSPS) is 17.1. The third-order valence-electron chi connectivity index (χ3n) is 20.6. The van der Waals surface area contributed by atoms with Crippen molar-refractivity contribution in [3.8, 4) is 0 Å². The van der Waals surface area contributed by atoms with Crippen molar-refractivity contribution in [2.24, 2.45) is 54.7 Å². The average Bonchev–Trinajstić information content (AvgIpc) is 0.866. The van der Waals surface area contributed by atoms with Crippen LogP contribution in [-0.2, 0) is 54.4 Å². The highest BCUT2D eigenvalue weighted by molar-refractivity contribution is 5.84. The van der Waals surface area contributed by atoms with E-state index >= 15 is 0 Å². The third kappa shape index (κ3) is 63.8. The maximum atomic E-state index is 11.9. The van der Waals surface area contributed by atoms with Gasteiger partial charge in [-0.05, 0) is 145 Å². The van der Waals surface area contributed by atoms with Crippen LogP contribution in [0.25, 0.3) is 0 Å². The zero-order valence-corrected chi connectivity index (χ0v) is 85.0. The Kier molecular flexibility index (Phi) is 59.6. The van der Waals surface area contributed by atoms with Gasteiger partial charge in [-0.2, -0.15) is 0 Å².